The fourth-order valence-electron chi connectivity index (χ4n) is 7.05. The first-order valence-corrected chi connectivity index (χ1v) is 14.5. The van der Waals surface area contributed by atoms with Gasteiger partial charge in [-0.15, -0.1) is 0 Å². The largest absolute Gasteiger partial charge is 0.356 e. The van der Waals surface area contributed by atoms with Gasteiger partial charge in [0.05, 0.1) is 5.69 Å². The van der Waals surface area contributed by atoms with Gasteiger partial charge in [0.15, 0.2) is 5.58 Å². The smallest absolute Gasteiger partial charge is 0.257 e. The average molecular weight is 554 g/mol. The maximum atomic E-state index is 14.3. The fraction of sp³-hybridized carbons (Fsp3) is 0.667. The van der Waals surface area contributed by atoms with Gasteiger partial charge < -0.3 is 4.52 Å². The van der Waals surface area contributed by atoms with E-state index in [2.05, 4.69) is 39.8 Å². The molecule has 0 saturated carbocycles. The van der Waals surface area contributed by atoms with Crippen LogP contribution in [-0.2, 0) is 6.42 Å². The first-order valence-electron chi connectivity index (χ1n) is 16.0. The lowest BCUT2D eigenvalue weighted by Crippen LogP contribution is -2.56. The number of fused-ring (bicyclic) bond motifs is 2. The predicted molar refractivity (Wildman–Crippen MR) is 159 cm³/mol. The maximum Gasteiger partial charge on any atom is 0.257 e. The summed E-state index contributed by atoms with van der Waals surface area (Å²) in [7, 11) is 0. The standard InChI is InChI=1S/C33H47FN4O2/c1-18-14-23(34)15-25-28(18)29(36-40-25)24-12-13-37(33(10,11)20(24)3)17-19(2)27-21(4)35-26-16-31(6,7)32(8,9)22(5)38(26)30(27)39/h14-15,19-20,22,24H,12-13,16-17H2,1-11H3/i17D2,19D. The molecule has 0 N–H and O–H groups in total. The summed E-state index contributed by atoms with van der Waals surface area (Å²) in [6, 6.07) is 2.66. The van der Waals surface area contributed by atoms with Crippen LogP contribution in [0.3, 0.4) is 0 Å². The number of piperidine rings is 1. The minimum Gasteiger partial charge on any atom is -0.356 e. The Bertz CT molecular complexity index is 1660. The topological polar surface area (TPSA) is 64.2 Å². The summed E-state index contributed by atoms with van der Waals surface area (Å²) in [4.78, 5) is 20.9. The van der Waals surface area contributed by atoms with E-state index in [1.807, 2.05) is 27.7 Å². The molecule has 2 aliphatic heterocycles. The van der Waals surface area contributed by atoms with E-state index in [9.17, 15) is 13.3 Å². The van der Waals surface area contributed by atoms with Crippen LogP contribution in [0, 0.1) is 36.4 Å². The molecule has 218 valence electrons. The molecule has 0 amide bonds. The quantitative estimate of drug-likeness (QED) is 0.339. The van der Waals surface area contributed by atoms with Gasteiger partial charge in [-0.05, 0) is 76.0 Å². The Hall–Kier alpha value is -2.54. The van der Waals surface area contributed by atoms with Crippen molar-refractivity contribution in [1.29, 1.82) is 0 Å². The normalized spacial score (nSPS) is 28.8. The molecule has 6 nitrogen and oxygen atoms in total. The van der Waals surface area contributed by atoms with Crippen LogP contribution < -0.4 is 5.56 Å². The number of hydrogen-bond acceptors (Lipinski definition) is 5. The van der Waals surface area contributed by atoms with Crippen LogP contribution in [0.4, 0.5) is 4.39 Å². The van der Waals surface area contributed by atoms with Crippen LogP contribution in [0.1, 0.15) is 119 Å². The van der Waals surface area contributed by atoms with Gasteiger partial charge in [-0.25, -0.2) is 9.37 Å². The van der Waals surface area contributed by atoms with Crippen LogP contribution in [0.2, 0.25) is 0 Å². The van der Waals surface area contributed by atoms with E-state index in [0.29, 0.717) is 36.5 Å². The van der Waals surface area contributed by atoms with Crippen LogP contribution in [0.15, 0.2) is 21.5 Å². The third kappa shape index (κ3) is 4.26. The van der Waals surface area contributed by atoms with Crippen molar-refractivity contribution in [3.05, 3.63) is 56.6 Å². The van der Waals surface area contributed by atoms with Crippen molar-refractivity contribution in [3.8, 4) is 0 Å². The van der Waals surface area contributed by atoms with Crippen LogP contribution in [0.25, 0.3) is 11.0 Å². The van der Waals surface area contributed by atoms with E-state index in [1.54, 1.807) is 16.4 Å². The minimum atomic E-state index is -2.21. The Labute approximate surface area is 242 Å². The molecular formula is C33H47FN4O2. The SMILES string of the molecule is [2H]C(C)(c1c(C)nc2n(c1=O)C(C)C(C)(C)C(C)(C)C2)C([2H])([2H])N1CCC(c2noc3cc(F)cc(C)c23)C(C)C1(C)C. The zero-order chi connectivity index (χ0) is 32.2. The molecule has 0 aliphatic carbocycles. The number of hydrogen-bond donors (Lipinski definition) is 0. The molecule has 3 aromatic rings. The lowest BCUT2D eigenvalue weighted by atomic mass is 9.60. The van der Waals surface area contributed by atoms with Gasteiger partial charge in [0, 0.05) is 63.1 Å². The zero-order valence-corrected chi connectivity index (χ0v) is 26.0. The van der Waals surface area contributed by atoms with E-state index in [-0.39, 0.29) is 45.6 Å². The maximum absolute atomic E-state index is 14.3. The van der Waals surface area contributed by atoms with Gasteiger partial charge in [0.2, 0.25) is 0 Å². The van der Waals surface area contributed by atoms with Gasteiger partial charge in [-0.1, -0.05) is 46.7 Å². The molecule has 0 spiro atoms. The fourth-order valence-corrected chi connectivity index (χ4v) is 7.05. The van der Waals surface area contributed by atoms with Crippen LogP contribution in [0.5, 0.6) is 0 Å². The molecule has 1 fully saturated rings. The van der Waals surface area contributed by atoms with Crippen LogP contribution >= 0.6 is 0 Å². The number of aromatic nitrogens is 3. The van der Waals surface area contributed by atoms with E-state index < -0.39 is 17.9 Å². The Balaban J connectivity index is 1.55. The molecule has 4 heterocycles. The third-order valence-corrected chi connectivity index (χ3v) is 11.0. The molecule has 7 heteroatoms. The molecular weight excluding hydrogens is 503 g/mol. The second-order valence-corrected chi connectivity index (χ2v) is 14.0. The lowest BCUT2D eigenvalue weighted by molar-refractivity contribution is 0.0102. The molecule has 40 heavy (non-hydrogen) atoms. The van der Waals surface area contributed by atoms with Crippen molar-refractivity contribution < 1.29 is 13.0 Å². The molecule has 2 aliphatic rings. The summed E-state index contributed by atoms with van der Waals surface area (Å²) in [5.74, 6) is -1.75. The van der Waals surface area contributed by atoms with E-state index in [1.165, 1.54) is 19.1 Å². The Morgan fingerprint density at radius 1 is 1.20 bits per heavy atom. The average Bonchev–Trinajstić information content (AvgIpc) is 3.27. The summed E-state index contributed by atoms with van der Waals surface area (Å²) in [6.07, 6.45) is 1.20. The molecule has 0 radical (unpaired) electrons. The summed E-state index contributed by atoms with van der Waals surface area (Å²) in [5.41, 5.74) is 1.09. The number of benzene rings is 1. The molecule has 4 atom stereocenters. The Morgan fingerprint density at radius 3 is 2.55 bits per heavy atom. The van der Waals surface area contributed by atoms with E-state index >= 15 is 0 Å². The highest BCUT2D eigenvalue weighted by Crippen LogP contribution is 2.51. The van der Waals surface area contributed by atoms with Crippen molar-refractivity contribution in [2.75, 3.05) is 13.0 Å². The molecule has 2 aromatic heterocycles. The van der Waals surface area contributed by atoms with Crippen LogP contribution in [-0.4, -0.2) is 38.2 Å². The Kier molecular flexibility index (Phi) is 5.98. The lowest BCUT2D eigenvalue weighted by Gasteiger charge is -2.51. The number of rotatable bonds is 4. The third-order valence-electron chi connectivity index (χ3n) is 11.0. The van der Waals surface area contributed by atoms with Crippen molar-refractivity contribution >= 4 is 11.0 Å². The predicted octanol–water partition coefficient (Wildman–Crippen LogP) is 7.32. The monoisotopic (exact) mass is 553 g/mol. The summed E-state index contributed by atoms with van der Waals surface area (Å²) < 4.78 is 49.9. The molecule has 4 unspecified atom stereocenters. The number of aryl methyl sites for hydroxylation is 2. The minimum absolute atomic E-state index is 0.0614. The second kappa shape index (κ2) is 9.50. The van der Waals surface area contributed by atoms with Gasteiger partial charge in [-0.3, -0.25) is 14.3 Å². The van der Waals surface area contributed by atoms with Crippen molar-refractivity contribution in [1.82, 2.24) is 19.6 Å². The van der Waals surface area contributed by atoms with Crippen molar-refractivity contribution in [2.24, 2.45) is 16.7 Å². The molecule has 1 aromatic carbocycles. The van der Waals surface area contributed by atoms with E-state index in [4.69, 9.17) is 9.51 Å². The summed E-state index contributed by atoms with van der Waals surface area (Å²) in [6.45, 7) is 20.0. The highest BCUT2D eigenvalue weighted by Gasteiger charge is 2.48. The van der Waals surface area contributed by atoms with E-state index in [0.717, 1.165) is 16.6 Å². The Morgan fingerprint density at radius 2 is 1.88 bits per heavy atom. The second-order valence-electron chi connectivity index (χ2n) is 14.0. The summed E-state index contributed by atoms with van der Waals surface area (Å²) in [5, 5.41) is 5.18. The molecule has 5 rings (SSSR count). The van der Waals surface area contributed by atoms with Gasteiger partial charge in [0.1, 0.15) is 11.6 Å². The van der Waals surface area contributed by atoms with Crippen molar-refractivity contribution in [2.45, 2.75) is 112 Å². The number of nitrogens with zero attached hydrogens (tertiary/aromatic N) is 4. The molecule has 0 bridgehead atoms. The zero-order valence-electron chi connectivity index (χ0n) is 29.0. The van der Waals surface area contributed by atoms with Crippen molar-refractivity contribution in [3.63, 3.8) is 0 Å². The molecule has 1 saturated heterocycles. The number of halogens is 1. The van der Waals surface area contributed by atoms with Gasteiger partial charge in [-0.2, -0.15) is 0 Å². The number of likely N-dealkylation sites (tertiary alicyclic amines) is 1. The highest BCUT2D eigenvalue weighted by molar-refractivity contribution is 5.83. The van der Waals surface area contributed by atoms with Gasteiger partial charge in [0.25, 0.3) is 5.56 Å². The highest BCUT2D eigenvalue weighted by atomic mass is 19.1. The summed E-state index contributed by atoms with van der Waals surface area (Å²) >= 11 is 0. The first-order chi connectivity index (χ1) is 19.6. The first kappa shape index (κ1) is 25.2. The van der Waals surface area contributed by atoms with Gasteiger partial charge >= 0.3 is 0 Å².